The van der Waals surface area contributed by atoms with Crippen LogP contribution in [0.4, 0.5) is 0 Å². The van der Waals surface area contributed by atoms with Gasteiger partial charge in [-0.1, -0.05) is 42.5 Å². The largest absolute Gasteiger partial charge is 0.346 e. The summed E-state index contributed by atoms with van der Waals surface area (Å²) in [4.78, 5) is 45.7. The van der Waals surface area contributed by atoms with Crippen molar-refractivity contribution >= 4 is 52.6 Å². The van der Waals surface area contributed by atoms with E-state index in [2.05, 4.69) is 10.3 Å². The average Bonchev–Trinajstić information content (AvgIpc) is 3.36. The van der Waals surface area contributed by atoms with Gasteiger partial charge in [-0.15, -0.1) is 11.3 Å². The average molecular weight is 541 g/mol. The van der Waals surface area contributed by atoms with E-state index in [0.717, 1.165) is 35.0 Å². The number of hydrogen-bond acceptors (Lipinski definition) is 6. The lowest BCUT2D eigenvalue weighted by Crippen LogP contribution is -2.49. The Labute approximate surface area is 229 Å². The quantitative estimate of drug-likeness (QED) is 0.282. The molecule has 0 spiro atoms. The number of nitrogens with one attached hydrogen (secondary N) is 1. The number of thiazole rings is 1. The maximum absolute atomic E-state index is 13.4. The van der Waals surface area contributed by atoms with E-state index in [9.17, 15) is 14.4 Å². The smallest absolute Gasteiger partial charge is 0.225 e. The number of nitrogens with two attached hydrogens (primary N) is 1. The number of amides is 2. The highest BCUT2D eigenvalue weighted by Gasteiger charge is 2.31. The molecule has 0 bridgehead atoms. The highest BCUT2D eigenvalue weighted by molar-refractivity contribution is 7.59. The van der Waals surface area contributed by atoms with Gasteiger partial charge in [-0.2, -0.15) is 13.5 Å². The summed E-state index contributed by atoms with van der Waals surface area (Å²) in [7, 11) is 0. The number of hydrogen-bond donors (Lipinski definition) is 2. The van der Waals surface area contributed by atoms with Crippen LogP contribution < -0.4 is 11.1 Å². The number of Topliss-reactive ketones (excluding diaryl/α,β-unsaturated/α-hetero) is 1. The topological polar surface area (TPSA) is 105 Å². The van der Waals surface area contributed by atoms with Gasteiger partial charge in [-0.05, 0) is 62.8 Å². The van der Waals surface area contributed by atoms with Gasteiger partial charge in [0.1, 0.15) is 0 Å². The predicted octanol–water partition coefficient (Wildman–Crippen LogP) is 4.08. The van der Waals surface area contributed by atoms with E-state index in [-0.39, 0.29) is 37.0 Å². The Bertz CT molecular complexity index is 1150. The molecule has 3 N–H and O–H groups in total. The Kier molecular flexibility index (Phi) is 11.1. The van der Waals surface area contributed by atoms with Crippen molar-refractivity contribution in [1.29, 1.82) is 0 Å². The van der Waals surface area contributed by atoms with Crippen LogP contribution in [-0.2, 0) is 16.0 Å². The van der Waals surface area contributed by atoms with Gasteiger partial charge >= 0.3 is 0 Å². The molecule has 37 heavy (non-hydrogen) atoms. The molecule has 0 aliphatic carbocycles. The molecule has 1 aromatic heterocycles. The summed E-state index contributed by atoms with van der Waals surface area (Å²) in [6, 6.07) is 16.9. The van der Waals surface area contributed by atoms with E-state index in [1.54, 1.807) is 4.90 Å². The molecule has 1 aliphatic rings. The molecule has 1 fully saturated rings. The summed E-state index contributed by atoms with van der Waals surface area (Å²) in [5.74, 6) is -0.572. The molecule has 7 nitrogen and oxygen atoms in total. The first-order valence-electron chi connectivity index (χ1n) is 12.8. The molecule has 0 saturated carbocycles. The standard InChI is InChI=1S/C28H34N4O3S.H2S/c29-17-7-6-13-23(26(34)28-31-22-12-4-5-14-24(22)36-28)30-27(35)21-11-8-18-32(19-21)25(33)16-15-20-9-2-1-3-10-20;/h1-5,9-10,12,14,21,23H,6-8,11,13,15-19,29H2,(H,30,35);1H2/t21-,23?;/m0./s1. The normalized spacial score (nSPS) is 16.1. The molecule has 1 saturated heterocycles. The molecular formula is C28H36N4O3S2. The molecule has 1 unspecified atom stereocenters. The number of fused-ring (bicyclic) bond motifs is 1. The second kappa shape index (κ2) is 14.3. The lowest BCUT2D eigenvalue weighted by molar-refractivity contribution is -0.135. The van der Waals surface area contributed by atoms with Crippen LogP contribution in [0.5, 0.6) is 0 Å². The number of unbranched alkanes of at least 4 members (excludes halogenated alkanes) is 1. The summed E-state index contributed by atoms with van der Waals surface area (Å²) in [5.41, 5.74) is 7.57. The Morgan fingerprint density at radius 3 is 2.59 bits per heavy atom. The van der Waals surface area contributed by atoms with E-state index in [0.29, 0.717) is 50.3 Å². The maximum Gasteiger partial charge on any atom is 0.225 e. The second-order valence-corrected chi connectivity index (χ2v) is 10.4. The summed E-state index contributed by atoms with van der Waals surface area (Å²) in [6.45, 7) is 1.60. The van der Waals surface area contributed by atoms with Crippen molar-refractivity contribution in [3.05, 3.63) is 65.2 Å². The van der Waals surface area contributed by atoms with Crippen LogP contribution >= 0.6 is 24.8 Å². The molecule has 2 aromatic carbocycles. The SMILES string of the molecule is NCCCCC(NC(=O)[C@H]1CCCN(C(=O)CCc2ccccc2)C1)C(=O)c1nc2ccccc2s1.S. The summed E-state index contributed by atoms with van der Waals surface area (Å²) < 4.78 is 0.949. The number of rotatable bonds is 11. The molecule has 4 rings (SSSR count). The number of aromatic nitrogens is 1. The first kappa shape index (κ1) is 28.8. The Morgan fingerprint density at radius 1 is 1.08 bits per heavy atom. The summed E-state index contributed by atoms with van der Waals surface area (Å²) >= 11 is 1.35. The first-order valence-corrected chi connectivity index (χ1v) is 13.6. The van der Waals surface area contributed by atoms with Crippen LogP contribution in [0.1, 0.15) is 53.9 Å². The van der Waals surface area contributed by atoms with Crippen molar-refractivity contribution in [2.45, 2.75) is 51.0 Å². The maximum atomic E-state index is 13.4. The van der Waals surface area contributed by atoms with Gasteiger partial charge in [0.25, 0.3) is 0 Å². The van der Waals surface area contributed by atoms with Crippen LogP contribution in [-0.4, -0.2) is 53.2 Å². The van der Waals surface area contributed by atoms with Crippen molar-refractivity contribution in [2.75, 3.05) is 19.6 Å². The monoisotopic (exact) mass is 540 g/mol. The number of piperidine rings is 1. The van der Waals surface area contributed by atoms with E-state index in [4.69, 9.17) is 5.73 Å². The van der Waals surface area contributed by atoms with E-state index in [1.807, 2.05) is 54.6 Å². The van der Waals surface area contributed by atoms with Crippen LogP contribution in [0.25, 0.3) is 10.2 Å². The lowest BCUT2D eigenvalue weighted by atomic mass is 9.95. The molecule has 0 radical (unpaired) electrons. The fraction of sp³-hybridized carbons (Fsp3) is 0.429. The fourth-order valence-corrected chi connectivity index (χ4v) is 5.61. The molecule has 9 heteroatoms. The zero-order valence-electron chi connectivity index (χ0n) is 21.0. The minimum atomic E-state index is -0.645. The van der Waals surface area contributed by atoms with Crippen molar-refractivity contribution in [1.82, 2.24) is 15.2 Å². The summed E-state index contributed by atoms with van der Waals surface area (Å²) in [5, 5.41) is 3.42. The third-order valence-corrected chi connectivity index (χ3v) is 7.75. The van der Waals surface area contributed by atoms with Crippen LogP contribution in [0.15, 0.2) is 54.6 Å². The number of carbonyl (C=O) groups is 3. The number of nitrogens with zero attached hydrogens (tertiary/aromatic N) is 2. The van der Waals surface area contributed by atoms with Crippen molar-refractivity contribution in [3.8, 4) is 0 Å². The highest BCUT2D eigenvalue weighted by Crippen LogP contribution is 2.24. The van der Waals surface area contributed by atoms with Gasteiger partial charge in [-0.25, -0.2) is 4.98 Å². The third-order valence-electron chi connectivity index (χ3n) is 6.70. The Balaban J connectivity index is 0.00000380. The number of ketones is 1. The first-order chi connectivity index (χ1) is 17.5. The van der Waals surface area contributed by atoms with Gasteiger partial charge < -0.3 is 16.0 Å². The van der Waals surface area contributed by atoms with Crippen molar-refractivity contribution in [3.63, 3.8) is 0 Å². The van der Waals surface area contributed by atoms with Gasteiger partial charge in [0.15, 0.2) is 5.01 Å². The Hall–Kier alpha value is -2.75. The second-order valence-electron chi connectivity index (χ2n) is 9.36. The van der Waals surface area contributed by atoms with E-state index < -0.39 is 6.04 Å². The summed E-state index contributed by atoms with van der Waals surface area (Å²) in [6.07, 6.45) is 4.64. The number of carbonyl (C=O) groups excluding carboxylic acids is 3. The predicted molar refractivity (Wildman–Crippen MR) is 153 cm³/mol. The third kappa shape index (κ3) is 7.87. The molecule has 198 valence electrons. The zero-order chi connectivity index (χ0) is 25.3. The fourth-order valence-electron chi connectivity index (χ4n) is 4.65. The van der Waals surface area contributed by atoms with Crippen LogP contribution in [0.3, 0.4) is 0 Å². The van der Waals surface area contributed by atoms with Crippen molar-refractivity contribution in [2.24, 2.45) is 11.7 Å². The van der Waals surface area contributed by atoms with E-state index in [1.165, 1.54) is 11.3 Å². The van der Waals surface area contributed by atoms with Crippen LogP contribution in [0, 0.1) is 5.92 Å². The number of aryl methyl sites for hydroxylation is 1. The molecule has 1 aliphatic heterocycles. The molecular weight excluding hydrogens is 504 g/mol. The molecule has 2 atom stereocenters. The van der Waals surface area contributed by atoms with Gasteiger partial charge in [-0.3, -0.25) is 14.4 Å². The number of benzene rings is 2. The van der Waals surface area contributed by atoms with Gasteiger partial charge in [0, 0.05) is 19.5 Å². The van der Waals surface area contributed by atoms with Crippen LogP contribution in [0.2, 0.25) is 0 Å². The Morgan fingerprint density at radius 2 is 1.84 bits per heavy atom. The van der Waals surface area contributed by atoms with Gasteiger partial charge in [0.05, 0.1) is 22.2 Å². The molecule has 2 amide bonds. The van der Waals surface area contributed by atoms with Gasteiger partial charge in [0.2, 0.25) is 17.6 Å². The van der Waals surface area contributed by atoms with E-state index >= 15 is 0 Å². The lowest BCUT2D eigenvalue weighted by Gasteiger charge is -2.33. The van der Waals surface area contributed by atoms with Crippen molar-refractivity contribution < 1.29 is 14.4 Å². The number of para-hydroxylation sites is 1. The molecule has 2 heterocycles. The highest BCUT2D eigenvalue weighted by atomic mass is 32.1. The molecule has 3 aromatic rings. The minimum absolute atomic E-state index is 0. The zero-order valence-corrected chi connectivity index (χ0v) is 22.8. The number of likely N-dealkylation sites (tertiary alicyclic amines) is 1. The minimum Gasteiger partial charge on any atom is -0.346 e.